The number of carbonyl (C=O) groups is 2. The summed E-state index contributed by atoms with van der Waals surface area (Å²) in [5, 5.41) is 3.30. The number of nitrogens with zero attached hydrogens (tertiary/aromatic N) is 2. The maximum atomic E-state index is 12.5. The van der Waals surface area contributed by atoms with Gasteiger partial charge in [-0.25, -0.2) is 0 Å². The van der Waals surface area contributed by atoms with E-state index >= 15 is 0 Å². The van der Waals surface area contributed by atoms with Gasteiger partial charge in [-0.1, -0.05) is 24.6 Å². The third-order valence-electron chi connectivity index (χ3n) is 4.51. The third kappa shape index (κ3) is 4.24. The minimum Gasteiger partial charge on any atom is -0.338 e. The van der Waals surface area contributed by atoms with Crippen molar-refractivity contribution >= 4 is 24.2 Å². The Labute approximate surface area is 143 Å². The maximum Gasteiger partial charge on any atom is 0.253 e. The Bertz CT molecular complexity index is 524. The van der Waals surface area contributed by atoms with Gasteiger partial charge in [0.2, 0.25) is 5.91 Å². The first kappa shape index (κ1) is 17.8. The van der Waals surface area contributed by atoms with Crippen molar-refractivity contribution in [1.82, 2.24) is 15.1 Å². The van der Waals surface area contributed by atoms with Gasteiger partial charge in [-0.05, 0) is 31.5 Å². The van der Waals surface area contributed by atoms with Crippen LogP contribution in [0.15, 0.2) is 30.3 Å². The van der Waals surface area contributed by atoms with Crippen LogP contribution in [0, 0.1) is 0 Å². The molecular formula is C17H24ClN3O2. The first-order chi connectivity index (χ1) is 10.8. The van der Waals surface area contributed by atoms with Crippen molar-refractivity contribution in [2.24, 2.45) is 0 Å². The summed E-state index contributed by atoms with van der Waals surface area (Å²) in [5.41, 5.74) is 0.719. The molecule has 6 heteroatoms. The normalized spacial score (nSPS) is 21.5. The van der Waals surface area contributed by atoms with E-state index < -0.39 is 0 Å². The van der Waals surface area contributed by atoms with E-state index in [0.717, 1.165) is 31.4 Å². The zero-order chi connectivity index (χ0) is 15.4. The fourth-order valence-electron chi connectivity index (χ4n) is 3.18. The lowest BCUT2D eigenvalue weighted by Gasteiger charge is -2.37. The van der Waals surface area contributed by atoms with Gasteiger partial charge in [0, 0.05) is 31.7 Å². The van der Waals surface area contributed by atoms with Gasteiger partial charge in [-0.15, -0.1) is 12.4 Å². The molecule has 1 aromatic rings. The molecule has 23 heavy (non-hydrogen) atoms. The van der Waals surface area contributed by atoms with Crippen LogP contribution in [-0.2, 0) is 4.79 Å². The summed E-state index contributed by atoms with van der Waals surface area (Å²) in [6.07, 6.45) is 3.21. The number of amides is 2. The number of carbonyl (C=O) groups excluding carboxylic acids is 2. The van der Waals surface area contributed by atoms with Crippen LogP contribution in [0.1, 0.15) is 29.6 Å². The summed E-state index contributed by atoms with van der Waals surface area (Å²) >= 11 is 0. The number of halogens is 1. The molecule has 0 bridgehead atoms. The molecule has 0 saturated carbocycles. The number of hydrogen-bond donors (Lipinski definition) is 1. The molecule has 2 saturated heterocycles. The lowest BCUT2D eigenvalue weighted by Crippen LogP contribution is -2.55. The molecule has 0 spiro atoms. The SMILES string of the molecule is Cl.O=C(c1ccccc1)N1CCN(C(=O)[C@@H]2CCCCN2)CC1. The first-order valence-electron chi connectivity index (χ1n) is 8.12. The van der Waals surface area contributed by atoms with Crippen molar-refractivity contribution in [3.8, 4) is 0 Å². The smallest absolute Gasteiger partial charge is 0.253 e. The van der Waals surface area contributed by atoms with E-state index in [9.17, 15) is 9.59 Å². The highest BCUT2D eigenvalue weighted by atomic mass is 35.5. The van der Waals surface area contributed by atoms with Gasteiger partial charge in [0.1, 0.15) is 0 Å². The van der Waals surface area contributed by atoms with E-state index in [-0.39, 0.29) is 30.3 Å². The van der Waals surface area contributed by atoms with Crippen molar-refractivity contribution < 1.29 is 9.59 Å². The van der Waals surface area contributed by atoms with Crippen LogP contribution in [-0.4, -0.2) is 60.4 Å². The van der Waals surface area contributed by atoms with Crippen LogP contribution < -0.4 is 5.32 Å². The molecule has 2 aliphatic rings. The standard InChI is InChI=1S/C17H23N3O2.ClH/c21-16(14-6-2-1-3-7-14)19-10-12-20(13-11-19)17(22)15-8-4-5-9-18-15;/h1-3,6-7,15,18H,4-5,8-13H2;1H/t15-;/m0./s1. The Morgan fingerprint density at radius 2 is 1.61 bits per heavy atom. The highest BCUT2D eigenvalue weighted by molar-refractivity contribution is 5.94. The second kappa shape index (κ2) is 8.31. The van der Waals surface area contributed by atoms with Crippen molar-refractivity contribution in [1.29, 1.82) is 0 Å². The zero-order valence-electron chi connectivity index (χ0n) is 13.2. The highest BCUT2D eigenvalue weighted by Gasteiger charge is 2.29. The van der Waals surface area contributed by atoms with Crippen molar-refractivity contribution in [2.75, 3.05) is 32.7 Å². The van der Waals surface area contributed by atoms with Gasteiger partial charge < -0.3 is 15.1 Å². The van der Waals surface area contributed by atoms with E-state index in [2.05, 4.69) is 5.32 Å². The summed E-state index contributed by atoms with van der Waals surface area (Å²) < 4.78 is 0. The fourth-order valence-corrected chi connectivity index (χ4v) is 3.18. The molecular weight excluding hydrogens is 314 g/mol. The minimum atomic E-state index is -0.0230. The van der Waals surface area contributed by atoms with Crippen molar-refractivity contribution in [3.63, 3.8) is 0 Å². The Morgan fingerprint density at radius 1 is 0.957 bits per heavy atom. The summed E-state index contributed by atoms with van der Waals surface area (Å²) in [7, 11) is 0. The van der Waals surface area contributed by atoms with Crippen molar-refractivity contribution in [3.05, 3.63) is 35.9 Å². The lowest BCUT2D eigenvalue weighted by molar-refractivity contribution is -0.135. The summed E-state index contributed by atoms with van der Waals surface area (Å²) in [6.45, 7) is 3.44. The van der Waals surface area contributed by atoms with E-state index in [1.54, 1.807) is 0 Å². The molecule has 2 heterocycles. The second-order valence-electron chi connectivity index (χ2n) is 5.99. The van der Waals surface area contributed by atoms with Crippen LogP contribution in [0.2, 0.25) is 0 Å². The molecule has 1 N–H and O–H groups in total. The number of hydrogen-bond acceptors (Lipinski definition) is 3. The first-order valence-corrected chi connectivity index (χ1v) is 8.12. The molecule has 1 atom stereocenters. The zero-order valence-corrected chi connectivity index (χ0v) is 14.1. The van der Waals surface area contributed by atoms with Gasteiger partial charge in [0.05, 0.1) is 6.04 Å². The molecule has 0 radical (unpaired) electrons. The van der Waals surface area contributed by atoms with Gasteiger partial charge in [-0.2, -0.15) is 0 Å². The largest absolute Gasteiger partial charge is 0.338 e. The average molecular weight is 338 g/mol. The van der Waals surface area contributed by atoms with Gasteiger partial charge >= 0.3 is 0 Å². The van der Waals surface area contributed by atoms with Crippen LogP contribution in [0.4, 0.5) is 0 Å². The lowest BCUT2D eigenvalue weighted by atomic mass is 10.0. The van der Waals surface area contributed by atoms with Gasteiger partial charge in [0.15, 0.2) is 0 Å². The Balaban J connectivity index is 0.00000192. The summed E-state index contributed by atoms with van der Waals surface area (Å²) in [6, 6.07) is 9.32. The Kier molecular flexibility index (Phi) is 6.42. The Morgan fingerprint density at radius 3 is 2.22 bits per heavy atom. The van der Waals surface area contributed by atoms with E-state index in [0.29, 0.717) is 26.2 Å². The van der Waals surface area contributed by atoms with Crippen LogP contribution >= 0.6 is 12.4 Å². The topological polar surface area (TPSA) is 52.7 Å². The molecule has 5 nitrogen and oxygen atoms in total. The Hall–Kier alpha value is -1.59. The van der Waals surface area contributed by atoms with E-state index in [1.807, 2.05) is 40.1 Å². The quantitative estimate of drug-likeness (QED) is 0.890. The maximum absolute atomic E-state index is 12.5. The molecule has 2 aliphatic heterocycles. The number of nitrogens with one attached hydrogen (secondary N) is 1. The second-order valence-corrected chi connectivity index (χ2v) is 5.99. The number of benzene rings is 1. The van der Waals surface area contributed by atoms with Crippen LogP contribution in [0.3, 0.4) is 0 Å². The molecule has 0 aromatic heterocycles. The molecule has 3 rings (SSSR count). The molecule has 126 valence electrons. The third-order valence-corrected chi connectivity index (χ3v) is 4.51. The number of rotatable bonds is 2. The predicted octanol–water partition coefficient (Wildman–Crippen LogP) is 1.53. The monoisotopic (exact) mass is 337 g/mol. The van der Waals surface area contributed by atoms with Crippen LogP contribution in [0.25, 0.3) is 0 Å². The molecule has 1 aromatic carbocycles. The molecule has 2 amide bonds. The van der Waals surface area contributed by atoms with Crippen LogP contribution in [0.5, 0.6) is 0 Å². The predicted molar refractivity (Wildman–Crippen MR) is 91.8 cm³/mol. The fraction of sp³-hybridized carbons (Fsp3) is 0.529. The summed E-state index contributed by atoms with van der Waals surface area (Å²) in [5.74, 6) is 0.259. The van der Waals surface area contributed by atoms with E-state index in [4.69, 9.17) is 0 Å². The number of piperazine rings is 1. The molecule has 0 unspecified atom stereocenters. The van der Waals surface area contributed by atoms with Gasteiger partial charge in [0.25, 0.3) is 5.91 Å². The number of piperidine rings is 1. The molecule has 0 aliphatic carbocycles. The highest BCUT2D eigenvalue weighted by Crippen LogP contribution is 2.13. The van der Waals surface area contributed by atoms with Gasteiger partial charge in [-0.3, -0.25) is 9.59 Å². The van der Waals surface area contributed by atoms with Crippen molar-refractivity contribution in [2.45, 2.75) is 25.3 Å². The van der Waals surface area contributed by atoms with E-state index in [1.165, 1.54) is 0 Å². The molecule has 2 fully saturated rings. The summed E-state index contributed by atoms with van der Waals surface area (Å²) in [4.78, 5) is 28.6. The minimum absolute atomic E-state index is 0. The average Bonchev–Trinajstić information content (AvgIpc) is 2.62.